The number of rotatable bonds is 6. The number of aliphatic hydroxyl groups excluding tert-OH is 1. The maximum atomic E-state index is 13.0. The van der Waals surface area contributed by atoms with Crippen LogP contribution in [0.25, 0.3) is 0 Å². The molecule has 2 aliphatic heterocycles. The summed E-state index contributed by atoms with van der Waals surface area (Å²) in [7, 11) is 0. The number of pyridine rings is 1. The quantitative estimate of drug-likeness (QED) is 0.871. The van der Waals surface area contributed by atoms with Gasteiger partial charge in [-0.25, -0.2) is 0 Å². The number of carbonyl (C=O) groups is 1. The third-order valence-electron chi connectivity index (χ3n) is 6.23. The van der Waals surface area contributed by atoms with Gasteiger partial charge in [-0.05, 0) is 55.4 Å². The number of nitrogens with zero attached hydrogens (tertiary/aromatic N) is 2. The Morgan fingerprint density at radius 1 is 1.12 bits per heavy atom. The Bertz CT molecular complexity index is 749. The van der Waals surface area contributed by atoms with Gasteiger partial charge in [0.2, 0.25) is 5.91 Å². The molecule has 3 heterocycles. The molecule has 1 aromatic heterocycles. The van der Waals surface area contributed by atoms with Crippen LogP contribution in [0.3, 0.4) is 0 Å². The summed E-state index contributed by atoms with van der Waals surface area (Å²) >= 11 is 0. The molecule has 2 fully saturated rings. The molecule has 4 heteroatoms. The SMILES string of the molecule is O=C(CCc1ccncc1)N1[C@H]2CC[C@@H]1[C@@](CO)(Cc1ccccc1)C2. The molecule has 0 saturated carbocycles. The predicted molar refractivity (Wildman–Crippen MR) is 100 cm³/mol. The van der Waals surface area contributed by atoms with E-state index >= 15 is 0 Å². The molecule has 2 aromatic rings. The molecular weight excluding hydrogens is 324 g/mol. The fourth-order valence-electron chi connectivity index (χ4n) is 5.02. The first-order valence-corrected chi connectivity index (χ1v) is 9.57. The minimum atomic E-state index is -0.184. The van der Waals surface area contributed by atoms with E-state index in [9.17, 15) is 9.90 Å². The summed E-state index contributed by atoms with van der Waals surface area (Å²) in [5.74, 6) is 0.234. The highest BCUT2D eigenvalue weighted by Gasteiger charge is 2.56. The highest BCUT2D eigenvalue weighted by Crippen LogP contribution is 2.51. The molecule has 1 amide bonds. The fraction of sp³-hybridized carbons (Fsp3) is 0.455. The van der Waals surface area contributed by atoms with Crippen molar-refractivity contribution < 1.29 is 9.90 Å². The van der Waals surface area contributed by atoms with Crippen molar-refractivity contribution in [1.82, 2.24) is 9.88 Å². The Balaban J connectivity index is 1.47. The van der Waals surface area contributed by atoms with Crippen molar-refractivity contribution in [2.75, 3.05) is 6.61 Å². The van der Waals surface area contributed by atoms with Crippen LogP contribution in [0.4, 0.5) is 0 Å². The first kappa shape index (κ1) is 17.2. The van der Waals surface area contributed by atoms with Crippen LogP contribution < -0.4 is 0 Å². The van der Waals surface area contributed by atoms with Gasteiger partial charge >= 0.3 is 0 Å². The maximum Gasteiger partial charge on any atom is 0.223 e. The van der Waals surface area contributed by atoms with Gasteiger partial charge < -0.3 is 10.0 Å². The second-order valence-electron chi connectivity index (χ2n) is 7.79. The van der Waals surface area contributed by atoms with Crippen LogP contribution >= 0.6 is 0 Å². The molecule has 0 spiro atoms. The molecule has 1 aromatic carbocycles. The smallest absolute Gasteiger partial charge is 0.223 e. The van der Waals surface area contributed by atoms with Crippen molar-refractivity contribution in [1.29, 1.82) is 0 Å². The van der Waals surface area contributed by atoms with E-state index in [1.807, 2.05) is 30.3 Å². The van der Waals surface area contributed by atoms with Gasteiger partial charge in [0.15, 0.2) is 0 Å². The standard InChI is InChI=1S/C22H26N2O2/c25-16-22(14-18-4-2-1-3-5-18)15-19-7-8-20(22)24(19)21(26)9-6-17-10-12-23-13-11-17/h1-5,10-13,19-20,25H,6-9,14-16H2/t19-,20+,22-/m0/s1. The Hall–Kier alpha value is -2.20. The molecule has 1 N–H and O–H groups in total. The van der Waals surface area contributed by atoms with Crippen LogP contribution in [0.1, 0.15) is 36.8 Å². The number of aromatic nitrogens is 1. The van der Waals surface area contributed by atoms with Crippen LogP contribution in [0, 0.1) is 5.41 Å². The Kier molecular flexibility index (Phi) is 4.77. The lowest BCUT2D eigenvalue weighted by atomic mass is 9.70. The van der Waals surface area contributed by atoms with E-state index in [1.54, 1.807) is 12.4 Å². The number of amides is 1. The van der Waals surface area contributed by atoms with E-state index in [1.165, 1.54) is 5.56 Å². The molecule has 0 aliphatic carbocycles. The second kappa shape index (κ2) is 7.20. The molecular formula is C22H26N2O2. The molecule has 0 radical (unpaired) electrons. The van der Waals surface area contributed by atoms with Gasteiger partial charge in [-0.2, -0.15) is 0 Å². The lowest BCUT2D eigenvalue weighted by molar-refractivity contribution is -0.133. The number of aryl methyl sites for hydroxylation is 1. The second-order valence-corrected chi connectivity index (χ2v) is 7.79. The van der Waals surface area contributed by atoms with Gasteiger partial charge in [0, 0.05) is 36.3 Å². The zero-order chi connectivity index (χ0) is 18.0. The molecule has 26 heavy (non-hydrogen) atoms. The molecule has 4 nitrogen and oxygen atoms in total. The first-order chi connectivity index (χ1) is 12.7. The van der Waals surface area contributed by atoms with Gasteiger partial charge in [0.1, 0.15) is 0 Å². The van der Waals surface area contributed by atoms with Gasteiger partial charge in [-0.3, -0.25) is 9.78 Å². The van der Waals surface area contributed by atoms with Gasteiger partial charge in [0.05, 0.1) is 6.61 Å². The van der Waals surface area contributed by atoms with Crippen LogP contribution in [0.15, 0.2) is 54.9 Å². The maximum absolute atomic E-state index is 13.0. The largest absolute Gasteiger partial charge is 0.396 e. The highest BCUT2D eigenvalue weighted by atomic mass is 16.3. The highest BCUT2D eigenvalue weighted by molar-refractivity contribution is 5.78. The lowest BCUT2D eigenvalue weighted by Crippen LogP contribution is -2.44. The monoisotopic (exact) mass is 350 g/mol. The fourth-order valence-corrected chi connectivity index (χ4v) is 5.02. The zero-order valence-electron chi connectivity index (χ0n) is 15.1. The number of fused-ring (bicyclic) bond motifs is 2. The topological polar surface area (TPSA) is 53.4 Å². The summed E-state index contributed by atoms with van der Waals surface area (Å²) in [6, 6.07) is 14.8. The third-order valence-corrected chi connectivity index (χ3v) is 6.23. The van der Waals surface area contributed by atoms with Crippen molar-refractivity contribution in [2.45, 2.75) is 50.6 Å². The predicted octanol–water partition coefficient (Wildman–Crippen LogP) is 3.00. The zero-order valence-corrected chi connectivity index (χ0v) is 15.1. The average Bonchev–Trinajstić information content (AvgIpc) is 3.24. The lowest BCUT2D eigenvalue weighted by Gasteiger charge is -2.36. The van der Waals surface area contributed by atoms with E-state index in [0.29, 0.717) is 12.5 Å². The Morgan fingerprint density at radius 2 is 1.88 bits per heavy atom. The van der Waals surface area contributed by atoms with E-state index in [-0.39, 0.29) is 24.0 Å². The number of hydrogen-bond acceptors (Lipinski definition) is 3. The molecule has 0 unspecified atom stereocenters. The molecule has 2 bridgehead atoms. The molecule has 3 atom stereocenters. The van der Waals surface area contributed by atoms with Crippen LogP contribution in [0.5, 0.6) is 0 Å². The number of hydrogen-bond donors (Lipinski definition) is 1. The summed E-state index contributed by atoms with van der Waals surface area (Å²) in [5.41, 5.74) is 2.22. The van der Waals surface area contributed by atoms with Crippen LogP contribution in [-0.2, 0) is 17.6 Å². The van der Waals surface area contributed by atoms with E-state index in [2.05, 4.69) is 22.0 Å². The number of aliphatic hydroxyl groups is 1. The minimum absolute atomic E-state index is 0.150. The van der Waals surface area contributed by atoms with Crippen molar-refractivity contribution in [3.63, 3.8) is 0 Å². The number of benzene rings is 1. The van der Waals surface area contributed by atoms with E-state index < -0.39 is 0 Å². The molecule has 2 saturated heterocycles. The summed E-state index contributed by atoms with van der Waals surface area (Å²) in [6.07, 6.45) is 8.68. The summed E-state index contributed by atoms with van der Waals surface area (Å²) in [5, 5.41) is 10.3. The minimum Gasteiger partial charge on any atom is -0.396 e. The van der Waals surface area contributed by atoms with Crippen molar-refractivity contribution in [2.24, 2.45) is 5.41 Å². The normalized spacial score (nSPS) is 27.0. The van der Waals surface area contributed by atoms with Gasteiger partial charge in [-0.15, -0.1) is 0 Å². The van der Waals surface area contributed by atoms with Crippen molar-refractivity contribution in [3.05, 3.63) is 66.0 Å². The van der Waals surface area contributed by atoms with E-state index in [0.717, 1.165) is 37.7 Å². The summed E-state index contributed by atoms with van der Waals surface area (Å²) < 4.78 is 0. The van der Waals surface area contributed by atoms with Crippen molar-refractivity contribution >= 4 is 5.91 Å². The van der Waals surface area contributed by atoms with Gasteiger partial charge in [-0.1, -0.05) is 30.3 Å². The molecule has 4 rings (SSSR count). The Labute approximate surface area is 154 Å². The van der Waals surface area contributed by atoms with Crippen molar-refractivity contribution in [3.8, 4) is 0 Å². The molecule has 2 aliphatic rings. The Morgan fingerprint density at radius 3 is 2.62 bits per heavy atom. The van der Waals surface area contributed by atoms with Crippen LogP contribution in [0.2, 0.25) is 0 Å². The van der Waals surface area contributed by atoms with Crippen LogP contribution in [-0.4, -0.2) is 39.6 Å². The summed E-state index contributed by atoms with van der Waals surface area (Å²) in [4.78, 5) is 19.1. The molecule has 136 valence electrons. The van der Waals surface area contributed by atoms with E-state index in [4.69, 9.17) is 0 Å². The average molecular weight is 350 g/mol. The third kappa shape index (κ3) is 3.14. The first-order valence-electron chi connectivity index (χ1n) is 9.57. The van der Waals surface area contributed by atoms with Gasteiger partial charge in [0.25, 0.3) is 0 Å². The number of carbonyl (C=O) groups excluding carboxylic acids is 1. The summed E-state index contributed by atoms with van der Waals surface area (Å²) in [6.45, 7) is 0.150.